The largest absolute Gasteiger partial charge is 0.464 e. The third-order valence-corrected chi connectivity index (χ3v) is 4.30. The van der Waals surface area contributed by atoms with Crippen molar-refractivity contribution in [1.82, 2.24) is 4.98 Å². The Balaban J connectivity index is 2.38. The van der Waals surface area contributed by atoms with Gasteiger partial charge in [0.25, 0.3) is 0 Å². The van der Waals surface area contributed by atoms with Gasteiger partial charge in [0, 0.05) is 11.1 Å². The summed E-state index contributed by atoms with van der Waals surface area (Å²) in [6.45, 7) is 0. The highest BCUT2D eigenvalue weighted by Gasteiger charge is 2.37. The van der Waals surface area contributed by atoms with Crippen LogP contribution in [0.1, 0.15) is 21.6 Å². The molecule has 3 nitrogen and oxygen atoms in total. The van der Waals surface area contributed by atoms with E-state index in [1.165, 1.54) is 18.2 Å². The van der Waals surface area contributed by atoms with Crippen LogP contribution in [0, 0.1) is 0 Å². The van der Waals surface area contributed by atoms with E-state index in [2.05, 4.69) is 9.72 Å². The van der Waals surface area contributed by atoms with E-state index in [4.69, 9.17) is 0 Å². The molecule has 0 unspecified atom stereocenters. The highest BCUT2D eigenvalue weighted by atomic mass is 19.4. The minimum absolute atomic E-state index is 0.202. The number of esters is 1. The number of methoxy groups -OCH3 is 1. The van der Waals surface area contributed by atoms with Gasteiger partial charge in [0.05, 0.1) is 23.9 Å². The Kier molecular flexibility index (Phi) is 5.56. The number of carbonyl (C=O) groups is 1. The molecule has 3 rings (SSSR count). The molecule has 1 aromatic heterocycles. The second kappa shape index (κ2) is 7.81. The first kappa shape index (κ1) is 21.4. The molecule has 156 valence electrons. The van der Waals surface area contributed by atoms with Crippen LogP contribution in [0.3, 0.4) is 0 Å². The van der Waals surface area contributed by atoms with Gasteiger partial charge in [-0.05, 0) is 29.8 Å². The van der Waals surface area contributed by atoms with Gasteiger partial charge in [-0.1, -0.05) is 36.4 Å². The van der Waals surface area contributed by atoms with Crippen LogP contribution in [0.2, 0.25) is 0 Å². The first-order valence-corrected chi connectivity index (χ1v) is 8.46. The summed E-state index contributed by atoms with van der Waals surface area (Å²) in [7, 11) is 1.06. The van der Waals surface area contributed by atoms with Crippen LogP contribution in [0.5, 0.6) is 0 Å². The maximum atomic E-state index is 13.6. The smallest absolute Gasteiger partial charge is 0.417 e. The Hall–Kier alpha value is -3.36. The maximum Gasteiger partial charge on any atom is 0.417 e. The van der Waals surface area contributed by atoms with Crippen molar-refractivity contribution in [1.29, 1.82) is 0 Å². The van der Waals surface area contributed by atoms with E-state index in [-0.39, 0.29) is 16.8 Å². The van der Waals surface area contributed by atoms with Crippen molar-refractivity contribution < 1.29 is 35.9 Å². The number of rotatable bonds is 3. The van der Waals surface area contributed by atoms with Crippen molar-refractivity contribution in [3.05, 3.63) is 77.5 Å². The number of hydrogen-bond acceptors (Lipinski definition) is 3. The fourth-order valence-corrected chi connectivity index (χ4v) is 3.00. The average Bonchev–Trinajstić information content (AvgIpc) is 2.71. The standard InChI is InChI=1S/C21H13F6NO2/c1-30-19(29)17-11-10-13(12-6-2-4-8-15(12)20(22,23)24)18(28-17)14-7-3-5-9-16(14)21(25,26)27/h2-11H,1H3. The quantitative estimate of drug-likeness (QED) is 0.368. The zero-order valence-electron chi connectivity index (χ0n) is 15.3. The maximum absolute atomic E-state index is 13.6. The number of aromatic nitrogens is 1. The normalized spacial score (nSPS) is 12.0. The van der Waals surface area contributed by atoms with Crippen LogP contribution in [0.25, 0.3) is 22.4 Å². The molecule has 0 atom stereocenters. The molecule has 0 saturated heterocycles. The van der Waals surface area contributed by atoms with Gasteiger partial charge in [-0.25, -0.2) is 9.78 Å². The van der Waals surface area contributed by atoms with E-state index in [0.717, 1.165) is 49.6 Å². The van der Waals surface area contributed by atoms with Crippen molar-refractivity contribution in [3.63, 3.8) is 0 Å². The molecule has 1 heterocycles. The van der Waals surface area contributed by atoms with Gasteiger partial charge in [0.15, 0.2) is 0 Å². The van der Waals surface area contributed by atoms with E-state index >= 15 is 0 Å². The van der Waals surface area contributed by atoms with Crippen molar-refractivity contribution in [2.75, 3.05) is 7.11 Å². The predicted molar refractivity (Wildman–Crippen MR) is 96.5 cm³/mol. The molecule has 0 N–H and O–H groups in total. The lowest BCUT2D eigenvalue weighted by Crippen LogP contribution is -2.11. The first-order chi connectivity index (χ1) is 14.0. The number of carbonyl (C=O) groups excluding carboxylic acids is 1. The molecule has 0 radical (unpaired) electrons. The van der Waals surface area contributed by atoms with Crippen LogP contribution in [0.4, 0.5) is 26.3 Å². The second-order valence-electron chi connectivity index (χ2n) is 6.17. The topological polar surface area (TPSA) is 39.2 Å². The number of pyridine rings is 1. The van der Waals surface area contributed by atoms with Crippen molar-refractivity contribution in [2.45, 2.75) is 12.4 Å². The van der Waals surface area contributed by atoms with Gasteiger partial charge < -0.3 is 4.74 Å². The van der Waals surface area contributed by atoms with E-state index < -0.39 is 40.7 Å². The van der Waals surface area contributed by atoms with Gasteiger partial charge in [-0.3, -0.25) is 0 Å². The van der Waals surface area contributed by atoms with Crippen LogP contribution in [-0.2, 0) is 17.1 Å². The minimum Gasteiger partial charge on any atom is -0.464 e. The third-order valence-electron chi connectivity index (χ3n) is 4.30. The fraction of sp³-hybridized carbons (Fsp3) is 0.143. The molecule has 0 saturated carbocycles. The summed E-state index contributed by atoms with van der Waals surface area (Å²) >= 11 is 0. The molecule has 2 aromatic carbocycles. The molecular formula is C21H13F6NO2. The zero-order chi connectivity index (χ0) is 22.1. The van der Waals surface area contributed by atoms with E-state index in [1.807, 2.05) is 0 Å². The minimum atomic E-state index is -4.79. The average molecular weight is 425 g/mol. The molecule has 0 aliphatic rings. The van der Waals surface area contributed by atoms with Crippen LogP contribution < -0.4 is 0 Å². The SMILES string of the molecule is COC(=O)c1ccc(-c2ccccc2C(F)(F)F)c(-c2ccccc2C(F)(F)F)n1. The van der Waals surface area contributed by atoms with E-state index in [1.54, 1.807) is 0 Å². The lowest BCUT2D eigenvalue weighted by molar-refractivity contribution is -0.138. The summed E-state index contributed by atoms with van der Waals surface area (Å²) in [5.74, 6) is -0.934. The van der Waals surface area contributed by atoms with Crippen LogP contribution in [0.15, 0.2) is 60.7 Å². The van der Waals surface area contributed by atoms with Gasteiger partial charge in [-0.2, -0.15) is 26.3 Å². The molecule has 30 heavy (non-hydrogen) atoms. The first-order valence-electron chi connectivity index (χ1n) is 8.46. The molecule has 9 heteroatoms. The number of ether oxygens (including phenoxy) is 1. The Morgan fingerprint density at radius 2 is 1.23 bits per heavy atom. The summed E-state index contributed by atoms with van der Waals surface area (Å²) in [4.78, 5) is 15.8. The van der Waals surface area contributed by atoms with Gasteiger partial charge >= 0.3 is 18.3 Å². The Morgan fingerprint density at radius 3 is 1.77 bits per heavy atom. The van der Waals surface area contributed by atoms with Gasteiger partial charge in [-0.15, -0.1) is 0 Å². The van der Waals surface area contributed by atoms with E-state index in [9.17, 15) is 31.1 Å². The highest BCUT2D eigenvalue weighted by molar-refractivity contribution is 5.91. The predicted octanol–water partition coefficient (Wildman–Crippen LogP) is 6.24. The van der Waals surface area contributed by atoms with Crippen LogP contribution in [-0.4, -0.2) is 18.1 Å². The summed E-state index contributed by atoms with van der Waals surface area (Å²) in [5.41, 5.74) is -3.90. The Morgan fingerprint density at radius 1 is 0.733 bits per heavy atom. The summed E-state index contributed by atoms with van der Waals surface area (Å²) in [6.07, 6.45) is -9.54. The van der Waals surface area contributed by atoms with Crippen LogP contribution >= 0.6 is 0 Å². The number of benzene rings is 2. The summed E-state index contributed by atoms with van der Waals surface area (Å²) in [6, 6.07) is 11.0. The summed E-state index contributed by atoms with van der Waals surface area (Å²) < 4.78 is 85.8. The van der Waals surface area contributed by atoms with Crippen molar-refractivity contribution in [2.24, 2.45) is 0 Å². The molecule has 0 aliphatic carbocycles. The lowest BCUT2D eigenvalue weighted by Gasteiger charge is -2.18. The fourth-order valence-electron chi connectivity index (χ4n) is 3.00. The molecule has 0 amide bonds. The monoisotopic (exact) mass is 425 g/mol. The molecule has 3 aromatic rings. The Bertz CT molecular complexity index is 1090. The lowest BCUT2D eigenvalue weighted by atomic mass is 9.92. The molecule has 0 spiro atoms. The molecule has 0 aliphatic heterocycles. The number of alkyl halides is 6. The number of nitrogens with zero attached hydrogens (tertiary/aromatic N) is 1. The highest BCUT2D eigenvalue weighted by Crippen LogP contribution is 2.43. The van der Waals surface area contributed by atoms with Gasteiger partial charge in [0.1, 0.15) is 5.69 Å². The summed E-state index contributed by atoms with van der Waals surface area (Å²) in [5, 5.41) is 0. The molecule has 0 fully saturated rings. The number of halogens is 6. The van der Waals surface area contributed by atoms with Gasteiger partial charge in [0.2, 0.25) is 0 Å². The zero-order valence-corrected chi connectivity index (χ0v) is 15.3. The second-order valence-corrected chi connectivity index (χ2v) is 6.17. The van der Waals surface area contributed by atoms with Crippen molar-refractivity contribution >= 4 is 5.97 Å². The number of hydrogen-bond donors (Lipinski definition) is 0. The molecule has 0 bridgehead atoms. The Labute approximate surface area is 166 Å². The van der Waals surface area contributed by atoms with E-state index in [0.29, 0.717) is 0 Å². The van der Waals surface area contributed by atoms with Crippen molar-refractivity contribution in [3.8, 4) is 22.4 Å². The third kappa shape index (κ3) is 4.14. The molecular weight excluding hydrogens is 412 g/mol.